The number of hydrogen-bond donors (Lipinski definition) is 2. The number of urea groups is 1. The molecule has 2 amide bonds. The van der Waals surface area contributed by atoms with Crippen molar-refractivity contribution in [3.05, 3.63) is 18.0 Å². The summed E-state index contributed by atoms with van der Waals surface area (Å²) < 4.78 is 1.51. The normalized spacial score (nSPS) is 20.5. The van der Waals surface area contributed by atoms with Crippen LogP contribution in [-0.2, 0) is 11.8 Å². The molecule has 0 saturated carbocycles. The van der Waals surface area contributed by atoms with Gasteiger partial charge in [-0.25, -0.2) is 9.59 Å². The highest BCUT2D eigenvalue weighted by molar-refractivity contribution is 7.99. The number of aryl methyl sites for hydroxylation is 1. The lowest BCUT2D eigenvalue weighted by Crippen LogP contribution is -2.51. The molecule has 2 N–H and O–H groups in total. The zero-order valence-electron chi connectivity index (χ0n) is 11.4. The Balaban J connectivity index is 2.08. The van der Waals surface area contributed by atoms with Gasteiger partial charge < -0.3 is 15.3 Å². The topological polar surface area (TPSA) is 87.5 Å². The Morgan fingerprint density at radius 3 is 2.90 bits per heavy atom. The van der Waals surface area contributed by atoms with Gasteiger partial charge in [0.1, 0.15) is 0 Å². The highest BCUT2D eigenvalue weighted by Crippen LogP contribution is 2.18. The van der Waals surface area contributed by atoms with E-state index in [-0.39, 0.29) is 12.1 Å². The number of nitrogens with zero attached hydrogens (tertiary/aromatic N) is 3. The molecular weight excluding hydrogens is 280 g/mol. The average Bonchev–Trinajstić information content (AvgIpc) is 2.82. The number of carboxylic acid groups (broad SMARTS) is 1. The number of carbonyl (C=O) groups is 2. The third-order valence-electron chi connectivity index (χ3n) is 3.20. The molecule has 1 fully saturated rings. The Hall–Kier alpha value is -1.70. The summed E-state index contributed by atoms with van der Waals surface area (Å²) >= 11 is 1.80. The lowest BCUT2D eigenvalue weighted by Gasteiger charge is -2.33. The van der Waals surface area contributed by atoms with E-state index in [2.05, 4.69) is 10.4 Å². The van der Waals surface area contributed by atoms with Gasteiger partial charge >= 0.3 is 12.0 Å². The van der Waals surface area contributed by atoms with E-state index in [1.807, 2.05) is 6.92 Å². The van der Waals surface area contributed by atoms with Crippen LogP contribution in [0.1, 0.15) is 18.5 Å². The third-order valence-corrected chi connectivity index (χ3v) is 4.39. The minimum absolute atomic E-state index is 0.108. The summed E-state index contributed by atoms with van der Waals surface area (Å²) in [6.07, 6.45) is 3.04. The molecule has 8 heteroatoms. The Labute approximate surface area is 121 Å². The first-order valence-electron chi connectivity index (χ1n) is 6.35. The molecule has 0 aromatic carbocycles. The van der Waals surface area contributed by atoms with Gasteiger partial charge in [0.25, 0.3) is 0 Å². The molecule has 0 bridgehead atoms. The van der Waals surface area contributed by atoms with Gasteiger partial charge in [-0.15, -0.1) is 0 Å². The van der Waals surface area contributed by atoms with Crippen LogP contribution in [0.4, 0.5) is 4.79 Å². The fraction of sp³-hybridized carbons (Fsp3) is 0.583. The molecule has 20 heavy (non-hydrogen) atoms. The van der Waals surface area contributed by atoms with Gasteiger partial charge in [-0.05, 0) is 6.92 Å². The van der Waals surface area contributed by atoms with Gasteiger partial charge in [-0.1, -0.05) is 0 Å². The molecular formula is C12H18N4O3S. The molecule has 0 radical (unpaired) electrons. The lowest BCUT2D eigenvalue weighted by atomic mass is 10.1. The first kappa shape index (κ1) is 14.7. The molecule has 110 valence electrons. The van der Waals surface area contributed by atoms with Gasteiger partial charge in [0.15, 0.2) is 6.04 Å². The fourth-order valence-corrected chi connectivity index (χ4v) is 3.13. The van der Waals surface area contributed by atoms with Crippen LogP contribution < -0.4 is 5.32 Å². The van der Waals surface area contributed by atoms with Crippen molar-refractivity contribution in [2.75, 3.05) is 18.1 Å². The van der Waals surface area contributed by atoms with Gasteiger partial charge in [0.05, 0.1) is 6.20 Å². The summed E-state index contributed by atoms with van der Waals surface area (Å²) in [6, 6.07) is -1.30. The van der Waals surface area contributed by atoms with Crippen molar-refractivity contribution >= 4 is 23.8 Å². The van der Waals surface area contributed by atoms with Gasteiger partial charge in [-0.2, -0.15) is 16.9 Å². The lowest BCUT2D eigenvalue weighted by molar-refractivity contribution is -0.139. The molecule has 2 atom stereocenters. The summed E-state index contributed by atoms with van der Waals surface area (Å²) in [6.45, 7) is 2.60. The van der Waals surface area contributed by atoms with Crippen molar-refractivity contribution in [3.63, 3.8) is 0 Å². The Bertz CT molecular complexity index is 505. The van der Waals surface area contributed by atoms with E-state index in [0.29, 0.717) is 12.1 Å². The number of carboxylic acids is 1. The van der Waals surface area contributed by atoms with E-state index < -0.39 is 12.0 Å². The number of amides is 2. The molecule has 2 unspecified atom stereocenters. The van der Waals surface area contributed by atoms with Gasteiger partial charge in [-0.3, -0.25) is 4.68 Å². The standard InChI is InChI=1S/C12H18N4O3S/c1-8-7-20-4-3-16(8)12(19)14-10(11(17)18)9-5-13-15(2)6-9/h5-6,8,10H,3-4,7H2,1-2H3,(H,14,19)(H,17,18). The number of carbonyl (C=O) groups excluding carboxylic acids is 1. The average molecular weight is 298 g/mol. The molecule has 7 nitrogen and oxygen atoms in total. The van der Waals surface area contributed by atoms with Crippen molar-refractivity contribution in [1.82, 2.24) is 20.0 Å². The maximum absolute atomic E-state index is 12.2. The van der Waals surface area contributed by atoms with Gasteiger partial charge in [0.2, 0.25) is 0 Å². The molecule has 1 saturated heterocycles. The van der Waals surface area contributed by atoms with E-state index in [4.69, 9.17) is 0 Å². The highest BCUT2D eigenvalue weighted by Gasteiger charge is 2.29. The largest absolute Gasteiger partial charge is 0.479 e. The molecule has 0 aliphatic carbocycles. The summed E-state index contributed by atoms with van der Waals surface area (Å²) in [5.41, 5.74) is 0.465. The third kappa shape index (κ3) is 3.24. The van der Waals surface area contributed by atoms with Crippen LogP contribution in [0.3, 0.4) is 0 Å². The van der Waals surface area contributed by atoms with Crippen molar-refractivity contribution in [1.29, 1.82) is 0 Å². The van der Waals surface area contributed by atoms with Crippen LogP contribution in [0.25, 0.3) is 0 Å². The molecule has 1 aliphatic heterocycles. The minimum atomic E-state index is -1.09. The number of nitrogens with one attached hydrogen (secondary N) is 1. The van der Waals surface area contributed by atoms with E-state index in [1.54, 1.807) is 29.9 Å². The highest BCUT2D eigenvalue weighted by atomic mass is 32.2. The second kappa shape index (κ2) is 6.17. The van der Waals surface area contributed by atoms with Crippen LogP contribution in [0.15, 0.2) is 12.4 Å². The first-order valence-corrected chi connectivity index (χ1v) is 7.50. The predicted molar refractivity (Wildman–Crippen MR) is 75.6 cm³/mol. The Kier molecular flexibility index (Phi) is 4.53. The molecule has 2 rings (SSSR count). The molecule has 1 aliphatic rings. The predicted octanol–water partition coefficient (Wildman–Crippen LogP) is 0.693. The number of aliphatic carboxylic acids is 1. The SMILES string of the molecule is CC1CSCCN1C(=O)NC(C(=O)O)c1cnn(C)c1. The van der Waals surface area contributed by atoms with Crippen LogP contribution >= 0.6 is 11.8 Å². The Morgan fingerprint density at radius 1 is 1.60 bits per heavy atom. The van der Waals surface area contributed by atoms with Crippen LogP contribution in [0.2, 0.25) is 0 Å². The van der Waals surface area contributed by atoms with Crippen molar-refractivity contribution < 1.29 is 14.7 Å². The summed E-state index contributed by atoms with van der Waals surface area (Å²) in [5.74, 6) is 0.658. The zero-order chi connectivity index (χ0) is 14.7. The number of rotatable bonds is 3. The summed E-state index contributed by atoms with van der Waals surface area (Å²) in [7, 11) is 1.70. The van der Waals surface area contributed by atoms with Gasteiger partial charge in [0, 0.05) is 42.9 Å². The number of aromatic nitrogens is 2. The Morgan fingerprint density at radius 2 is 2.35 bits per heavy atom. The quantitative estimate of drug-likeness (QED) is 0.857. The van der Waals surface area contributed by atoms with Crippen molar-refractivity contribution in [2.45, 2.75) is 19.0 Å². The van der Waals surface area contributed by atoms with Crippen LogP contribution in [0, 0.1) is 0 Å². The van der Waals surface area contributed by atoms with Crippen molar-refractivity contribution in [2.24, 2.45) is 7.05 Å². The number of thioether (sulfide) groups is 1. The second-order valence-corrected chi connectivity index (χ2v) is 5.94. The summed E-state index contributed by atoms with van der Waals surface area (Å²) in [5, 5.41) is 15.8. The van der Waals surface area contributed by atoms with E-state index >= 15 is 0 Å². The van der Waals surface area contributed by atoms with Crippen molar-refractivity contribution in [3.8, 4) is 0 Å². The maximum atomic E-state index is 12.2. The number of hydrogen-bond acceptors (Lipinski definition) is 4. The van der Waals surface area contributed by atoms with Crippen LogP contribution in [-0.4, -0.2) is 55.9 Å². The molecule has 1 aromatic rings. The molecule has 0 spiro atoms. The second-order valence-electron chi connectivity index (χ2n) is 4.79. The van der Waals surface area contributed by atoms with E-state index in [0.717, 1.165) is 11.5 Å². The molecule has 1 aromatic heterocycles. The van der Waals surface area contributed by atoms with Crippen LogP contribution in [0.5, 0.6) is 0 Å². The van der Waals surface area contributed by atoms with E-state index in [1.165, 1.54) is 10.9 Å². The zero-order valence-corrected chi connectivity index (χ0v) is 12.3. The molecule has 2 heterocycles. The van der Waals surface area contributed by atoms with E-state index in [9.17, 15) is 14.7 Å². The first-order chi connectivity index (χ1) is 9.49. The smallest absolute Gasteiger partial charge is 0.331 e. The monoisotopic (exact) mass is 298 g/mol. The minimum Gasteiger partial charge on any atom is -0.479 e. The maximum Gasteiger partial charge on any atom is 0.331 e. The fourth-order valence-electron chi connectivity index (χ4n) is 2.11. The summed E-state index contributed by atoms with van der Waals surface area (Å²) in [4.78, 5) is 25.2.